The Labute approximate surface area is 230 Å². The minimum Gasteiger partial charge on any atom is -0.393 e. The number of piperidine rings is 1. The number of pyridine rings is 1. The Kier molecular flexibility index (Phi) is 6.86. The highest BCUT2D eigenvalue weighted by Crippen LogP contribution is 2.43. The molecule has 0 radical (unpaired) electrons. The van der Waals surface area contributed by atoms with Gasteiger partial charge in [-0.2, -0.15) is 13.2 Å². The smallest absolute Gasteiger partial charge is 0.393 e. The number of aromatic nitrogens is 4. The summed E-state index contributed by atoms with van der Waals surface area (Å²) < 4.78 is 47.2. The minimum absolute atomic E-state index is 0.0326. The molecule has 6 rings (SSSR count). The van der Waals surface area contributed by atoms with Crippen LogP contribution in [0.3, 0.4) is 0 Å². The topological polar surface area (TPSA) is 67.7 Å². The summed E-state index contributed by atoms with van der Waals surface area (Å²) in [6.45, 7) is 3.38. The number of rotatable bonds is 6. The number of hydrogen-bond acceptors (Lipinski definition) is 4. The molecule has 3 atom stereocenters. The van der Waals surface area contributed by atoms with Gasteiger partial charge >= 0.3 is 11.9 Å². The molecule has 0 amide bonds. The number of fused-ring (bicyclic) bond motifs is 1. The van der Waals surface area contributed by atoms with Crippen molar-refractivity contribution in [1.29, 1.82) is 0 Å². The molecule has 4 aromatic rings. The summed E-state index contributed by atoms with van der Waals surface area (Å²) in [6.07, 6.45) is 5.39. The van der Waals surface area contributed by atoms with E-state index < -0.39 is 23.5 Å². The highest BCUT2D eigenvalue weighted by Gasteiger charge is 2.36. The number of benzene rings is 1. The third-order valence-corrected chi connectivity index (χ3v) is 8.74. The number of hydrogen-bond donors (Lipinski definition) is 1. The molecular weight excluding hydrogens is 519 g/mol. The Morgan fingerprint density at radius 3 is 2.60 bits per heavy atom. The number of halogens is 3. The summed E-state index contributed by atoms with van der Waals surface area (Å²) in [6, 6.07) is 8.69. The average molecular weight is 554 g/mol. The largest absolute Gasteiger partial charge is 0.418 e. The first-order valence-electron chi connectivity index (χ1n) is 13.9. The molecule has 1 saturated carbocycles. The Balaban J connectivity index is 1.41. The Bertz CT molecular complexity index is 1580. The zero-order valence-electron chi connectivity index (χ0n) is 22.7. The maximum atomic E-state index is 14.3. The van der Waals surface area contributed by atoms with Crippen molar-refractivity contribution in [2.45, 2.75) is 57.3 Å². The van der Waals surface area contributed by atoms with Gasteiger partial charge in [-0.15, -0.1) is 0 Å². The molecule has 0 bridgehead atoms. The molecule has 3 aromatic heterocycles. The van der Waals surface area contributed by atoms with Gasteiger partial charge in [0.2, 0.25) is 0 Å². The molecule has 1 saturated heterocycles. The van der Waals surface area contributed by atoms with Crippen molar-refractivity contribution in [2.75, 3.05) is 13.1 Å². The van der Waals surface area contributed by atoms with Gasteiger partial charge in [-0.1, -0.05) is 25.5 Å². The average Bonchev–Trinajstić information content (AvgIpc) is 3.45. The maximum absolute atomic E-state index is 14.3. The second-order valence-corrected chi connectivity index (χ2v) is 11.5. The van der Waals surface area contributed by atoms with Gasteiger partial charge in [-0.25, -0.2) is 9.78 Å². The molecular formula is C30H34F3N5O2. The van der Waals surface area contributed by atoms with Gasteiger partial charge < -0.3 is 9.67 Å². The maximum Gasteiger partial charge on any atom is 0.418 e. The van der Waals surface area contributed by atoms with Gasteiger partial charge in [-0.3, -0.25) is 13.9 Å². The lowest BCUT2D eigenvalue weighted by Gasteiger charge is -2.34. The van der Waals surface area contributed by atoms with E-state index in [1.165, 1.54) is 17.0 Å². The molecule has 1 N–H and O–H groups in total. The molecule has 1 aliphatic heterocycles. The fourth-order valence-corrected chi connectivity index (χ4v) is 6.32. The number of aliphatic hydroxyl groups excluding tert-OH is 1. The Hall–Kier alpha value is -3.37. The number of nitrogens with zero attached hydrogens (tertiary/aromatic N) is 5. The lowest BCUT2D eigenvalue weighted by molar-refractivity contribution is -0.136. The monoisotopic (exact) mass is 553 g/mol. The van der Waals surface area contributed by atoms with E-state index in [1.807, 2.05) is 47.8 Å². The van der Waals surface area contributed by atoms with Crippen molar-refractivity contribution in [1.82, 2.24) is 23.4 Å². The number of imidazole rings is 2. The van der Waals surface area contributed by atoms with Gasteiger partial charge in [0.05, 0.1) is 22.9 Å². The summed E-state index contributed by atoms with van der Waals surface area (Å²) in [5, 5.41) is 10.0. The predicted molar refractivity (Wildman–Crippen MR) is 145 cm³/mol. The molecule has 2 fully saturated rings. The lowest BCUT2D eigenvalue weighted by atomic mass is 9.72. The molecule has 0 spiro atoms. The van der Waals surface area contributed by atoms with Crippen molar-refractivity contribution in [3.8, 4) is 5.69 Å². The molecule has 0 unspecified atom stereocenters. The van der Waals surface area contributed by atoms with E-state index in [0.29, 0.717) is 36.7 Å². The second-order valence-electron chi connectivity index (χ2n) is 11.5. The number of aryl methyl sites for hydroxylation is 1. The first kappa shape index (κ1) is 26.8. The Morgan fingerprint density at radius 1 is 1.15 bits per heavy atom. The first-order chi connectivity index (χ1) is 19.1. The molecule has 10 heteroatoms. The SMILES string of the molecule is C[C@H]1CN(Cc2cc(C(F)(F)F)c3cn(-c4cccc([C@H](c5nccn5C)C5CCC5)c4)c(=O)n3c2)CC[C@@H]1O. The van der Waals surface area contributed by atoms with Gasteiger partial charge in [0.1, 0.15) is 5.82 Å². The van der Waals surface area contributed by atoms with Gasteiger partial charge in [0.25, 0.3) is 0 Å². The fourth-order valence-electron chi connectivity index (χ4n) is 6.32. The van der Waals surface area contributed by atoms with Crippen LogP contribution in [0.4, 0.5) is 13.2 Å². The van der Waals surface area contributed by atoms with E-state index in [2.05, 4.69) is 4.98 Å². The highest BCUT2D eigenvalue weighted by atomic mass is 19.4. The van der Waals surface area contributed by atoms with Gasteiger partial charge in [-0.05, 0) is 60.4 Å². The van der Waals surface area contributed by atoms with Crippen LogP contribution in [0, 0.1) is 11.8 Å². The van der Waals surface area contributed by atoms with Crippen LogP contribution in [0.25, 0.3) is 11.2 Å². The molecule has 7 nitrogen and oxygen atoms in total. The fraction of sp³-hybridized carbons (Fsp3) is 0.467. The summed E-state index contributed by atoms with van der Waals surface area (Å²) in [7, 11) is 1.96. The summed E-state index contributed by atoms with van der Waals surface area (Å²) >= 11 is 0. The summed E-state index contributed by atoms with van der Waals surface area (Å²) in [5.74, 6) is 1.45. The Morgan fingerprint density at radius 2 is 1.95 bits per heavy atom. The van der Waals surface area contributed by atoms with Crippen molar-refractivity contribution < 1.29 is 18.3 Å². The second kappa shape index (κ2) is 10.2. The van der Waals surface area contributed by atoms with Crippen molar-refractivity contribution in [3.05, 3.63) is 88.1 Å². The zero-order chi connectivity index (χ0) is 28.2. The third-order valence-electron chi connectivity index (χ3n) is 8.74. The molecule has 40 heavy (non-hydrogen) atoms. The van der Waals surface area contributed by atoms with E-state index in [0.717, 1.165) is 41.1 Å². The van der Waals surface area contributed by atoms with Crippen LogP contribution in [0.5, 0.6) is 0 Å². The van der Waals surface area contributed by atoms with Gasteiger partial charge in [0, 0.05) is 57.4 Å². The van der Waals surface area contributed by atoms with Crippen LogP contribution >= 0.6 is 0 Å². The number of likely N-dealkylation sites (tertiary alicyclic amines) is 1. The number of aliphatic hydroxyl groups is 1. The van der Waals surface area contributed by atoms with Crippen LogP contribution in [0.2, 0.25) is 0 Å². The van der Waals surface area contributed by atoms with Crippen LogP contribution in [0.1, 0.15) is 61.0 Å². The minimum atomic E-state index is -4.62. The zero-order valence-corrected chi connectivity index (χ0v) is 22.7. The quantitative estimate of drug-likeness (QED) is 0.366. The standard InChI is InChI=1S/C30H34F3N5O2/c1-19-15-36(11-9-26(19)39)16-20-13-24(30(31,32)33)25-18-37(29(40)38(25)17-20)23-8-4-7-22(14-23)27(21-5-3-6-21)28-34-10-12-35(28)2/h4,7-8,10,12-14,17-19,21,26-27,39H,3,5-6,9,11,15-16H2,1-2H3/t19-,26-,27+/m0/s1. The van der Waals surface area contributed by atoms with Crippen LogP contribution in [0.15, 0.2) is 59.9 Å². The van der Waals surface area contributed by atoms with Crippen molar-refractivity contribution in [3.63, 3.8) is 0 Å². The van der Waals surface area contributed by atoms with E-state index in [1.54, 1.807) is 12.3 Å². The molecule has 1 aromatic carbocycles. The molecule has 4 heterocycles. The van der Waals surface area contributed by atoms with Crippen molar-refractivity contribution >= 4 is 5.52 Å². The summed E-state index contributed by atoms with van der Waals surface area (Å²) in [5.41, 5.74) is 0.391. The third kappa shape index (κ3) is 4.88. The molecule has 212 valence electrons. The predicted octanol–water partition coefficient (Wildman–Crippen LogP) is 4.98. The first-order valence-corrected chi connectivity index (χ1v) is 13.9. The normalized spacial score (nSPS) is 21.6. The molecule has 2 aliphatic rings. The van der Waals surface area contributed by atoms with Gasteiger partial charge in [0.15, 0.2) is 0 Å². The van der Waals surface area contributed by atoms with E-state index >= 15 is 0 Å². The lowest BCUT2D eigenvalue weighted by Crippen LogP contribution is -2.41. The van der Waals surface area contributed by atoms with Crippen LogP contribution in [-0.4, -0.2) is 47.7 Å². The van der Waals surface area contributed by atoms with Crippen LogP contribution in [-0.2, 0) is 19.8 Å². The number of alkyl halides is 3. The summed E-state index contributed by atoms with van der Waals surface area (Å²) in [4.78, 5) is 20.2. The van der Waals surface area contributed by atoms with E-state index in [4.69, 9.17) is 0 Å². The van der Waals surface area contributed by atoms with E-state index in [9.17, 15) is 23.1 Å². The van der Waals surface area contributed by atoms with Crippen molar-refractivity contribution in [2.24, 2.45) is 18.9 Å². The molecule has 1 aliphatic carbocycles. The van der Waals surface area contributed by atoms with Crippen LogP contribution < -0.4 is 5.69 Å². The highest BCUT2D eigenvalue weighted by molar-refractivity contribution is 5.58. The van der Waals surface area contributed by atoms with E-state index in [-0.39, 0.29) is 23.9 Å².